The van der Waals surface area contributed by atoms with Crippen molar-refractivity contribution in [2.24, 2.45) is 0 Å². The highest BCUT2D eigenvalue weighted by Crippen LogP contribution is 2.36. The maximum absolute atomic E-state index is 9.90. The van der Waals surface area contributed by atoms with Crippen LogP contribution in [0.3, 0.4) is 0 Å². The summed E-state index contributed by atoms with van der Waals surface area (Å²) < 4.78 is 10.9. The molecule has 1 rings (SSSR count). The molecule has 3 nitrogen and oxygen atoms in total. The first-order valence-corrected chi connectivity index (χ1v) is 6.28. The summed E-state index contributed by atoms with van der Waals surface area (Å²) in [4.78, 5) is 0. The van der Waals surface area contributed by atoms with Gasteiger partial charge in [0.25, 0.3) is 0 Å². The Hall–Kier alpha value is -0.930. The molecule has 0 heterocycles. The van der Waals surface area contributed by atoms with E-state index in [0.29, 0.717) is 41.7 Å². The van der Waals surface area contributed by atoms with E-state index in [9.17, 15) is 5.11 Å². The van der Waals surface area contributed by atoms with Crippen LogP contribution in [0.15, 0.2) is 12.1 Å². The largest absolute Gasteiger partial charge is 0.493 e. The molecule has 0 bridgehead atoms. The molecule has 4 heteroatoms. The molecule has 0 radical (unpaired) electrons. The molecule has 1 aromatic rings. The summed E-state index contributed by atoms with van der Waals surface area (Å²) in [5, 5.41) is 10.4. The number of hydrogen-bond acceptors (Lipinski definition) is 3. The lowest BCUT2D eigenvalue weighted by molar-refractivity contribution is 0.167. The highest BCUT2D eigenvalue weighted by molar-refractivity contribution is 6.32. The van der Waals surface area contributed by atoms with Gasteiger partial charge < -0.3 is 14.6 Å². The maximum Gasteiger partial charge on any atom is 0.141 e. The van der Waals surface area contributed by atoms with E-state index in [1.165, 1.54) is 0 Å². The zero-order chi connectivity index (χ0) is 12.8. The monoisotopic (exact) mass is 258 g/mol. The molecular weight excluding hydrogens is 240 g/mol. The predicted molar refractivity (Wildman–Crippen MR) is 69.0 cm³/mol. The maximum atomic E-state index is 9.90. The van der Waals surface area contributed by atoms with E-state index >= 15 is 0 Å². The van der Waals surface area contributed by atoms with Crippen molar-refractivity contribution < 1.29 is 14.6 Å². The number of halogens is 1. The molecule has 17 heavy (non-hydrogen) atoms. The molecule has 96 valence electrons. The van der Waals surface area contributed by atoms with Crippen LogP contribution in [0.4, 0.5) is 0 Å². The first-order valence-electron chi connectivity index (χ1n) is 5.91. The van der Waals surface area contributed by atoms with Gasteiger partial charge in [0, 0.05) is 11.6 Å². The van der Waals surface area contributed by atoms with Gasteiger partial charge in [0.05, 0.1) is 24.3 Å². The van der Waals surface area contributed by atoms with Gasteiger partial charge in [-0.15, -0.1) is 0 Å². The van der Waals surface area contributed by atoms with Crippen LogP contribution in [0.2, 0.25) is 5.02 Å². The molecule has 0 spiro atoms. The minimum absolute atomic E-state index is 0.498. The van der Waals surface area contributed by atoms with E-state index in [1.807, 2.05) is 20.8 Å². The van der Waals surface area contributed by atoms with Crippen molar-refractivity contribution in [3.8, 4) is 11.5 Å². The Morgan fingerprint density at radius 1 is 1.12 bits per heavy atom. The van der Waals surface area contributed by atoms with E-state index in [1.54, 1.807) is 12.1 Å². The van der Waals surface area contributed by atoms with Crippen LogP contribution in [-0.4, -0.2) is 18.3 Å². The summed E-state index contributed by atoms with van der Waals surface area (Å²) in [6.45, 7) is 6.78. The van der Waals surface area contributed by atoms with Crippen molar-refractivity contribution in [2.75, 3.05) is 13.2 Å². The van der Waals surface area contributed by atoms with E-state index in [-0.39, 0.29) is 0 Å². The average molecular weight is 259 g/mol. The fourth-order valence-electron chi connectivity index (χ4n) is 1.58. The Bertz CT molecular complexity index is 366. The normalized spacial score (nSPS) is 12.3. The van der Waals surface area contributed by atoms with Crippen LogP contribution in [-0.2, 0) is 0 Å². The highest BCUT2D eigenvalue weighted by atomic mass is 35.5. The lowest BCUT2D eigenvalue weighted by Gasteiger charge is -2.17. The van der Waals surface area contributed by atoms with Gasteiger partial charge in [-0.25, -0.2) is 0 Å². The van der Waals surface area contributed by atoms with E-state index < -0.39 is 6.10 Å². The van der Waals surface area contributed by atoms with Crippen molar-refractivity contribution in [2.45, 2.75) is 33.3 Å². The Morgan fingerprint density at radius 3 is 2.24 bits per heavy atom. The second-order valence-corrected chi connectivity index (χ2v) is 4.02. The highest BCUT2D eigenvalue weighted by Gasteiger charge is 2.16. The summed E-state index contributed by atoms with van der Waals surface area (Å²) in [5.41, 5.74) is 0.711. The number of aliphatic hydroxyl groups excluding tert-OH is 1. The predicted octanol–water partition coefficient (Wildman–Crippen LogP) is 3.58. The molecular formula is C13H19ClO3. The topological polar surface area (TPSA) is 38.7 Å². The fourth-order valence-corrected chi connectivity index (χ4v) is 1.80. The number of hydrogen-bond donors (Lipinski definition) is 1. The van der Waals surface area contributed by atoms with Crippen LogP contribution in [0.1, 0.15) is 38.9 Å². The molecule has 0 aliphatic carbocycles. The van der Waals surface area contributed by atoms with Crippen LogP contribution >= 0.6 is 11.6 Å². The number of rotatable bonds is 6. The fraction of sp³-hybridized carbons (Fsp3) is 0.538. The summed E-state index contributed by atoms with van der Waals surface area (Å²) >= 11 is 6.09. The summed E-state index contributed by atoms with van der Waals surface area (Å²) in [6, 6.07) is 3.45. The standard InChI is InChI=1S/C13H19ClO3/c1-4-11(15)9-7-10(14)13(17-6-3)8-12(9)16-5-2/h7-8,11,15H,4-6H2,1-3H3. The van der Waals surface area contributed by atoms with Crippen molar-refractivity contribution >= 4 is 11.6 Å². The summed E-state index contributed by atoms with van der Waals surface area (Å²) in [6.07, 6.45) is 0.0504. The van der Waals surface area contributed by atoms with Crippen molar-refractivity contribution in [3.63, 3.8) is 0 Å². The van der Waals surface area contributed by atoms with Crippen LogP contribution in [0.5, 0.6) is 11.5 Å². The van der Waals surface area contributed by atoms with Crippen molar-refractivity contribution in [1.29, 1.82) is 0 Å². The summed E-state index contributed by atoms with van der Waals surface area (Å²) in [7, 11) is 0. The van der Waals surface area contributed by atoms with Gasteiger partial charge >= 0.3 is 0 Å². The number of ether oxygens (including phenoxy) is 2. The molecule has 1 unspecified atom stereocenters. The van der Waals surface area contributed by atoms with Gasteiger partial charge in [0.1, 0.15) is 11.5 Å². The second kappa shape index (κ2) is 6.72. The van der Waals surface area contributed by atoms with Gasteiger partial charge in [-0.3, -0.25) is 0 Å². The lowest BCUT2D eigenvalue weighted by Crippen LogP contribution is -2.03. The van der Waals surface area contributed by atoms with Crippen LogP contribution in [0.25, 0.3) is 0 Å². The molecule has 0 aliphatic heterocycles. The minimum atomic E-state index is -0.565. The van der Waals surface area contributed by atoms with Crippen molar-refractivity contribution in [1.82, 2.24) is 0 Å². The SMILES string of the molecule is CCOc1cc(OCC)c(C(O)CC)cc1Cl. The molecule has 0 saturated carbocycles. The third kappa shape index (κ3) is 3.51. The minimum Gasteiger partial charge on any atom is -0.493 e. The summed E-state index contributed by atoms with van der Waals surface area (Å²) in [5.74, 6) is 1.22. The molecule has 0 aliphatic rings. The number of aliphatic hydroxyl groups is 1. The van der Waals surface area contributed by atoms with Gasteiger partial charge in [-0.1, -0.05) is 18.5 Å². The Balaban J connectivity index is 3.15. The average Bonchev–Trinajstić information content (AvgIpc) is 2.32. The molecule has 0 amide bonds. The third-order valence-electron chi connectivity index (χ3n) is 2.41. The smallest absolute Gasteiger partial charge is 0.141 e. The molecule has 1 atom stereocenters. The van der Waals surface area contributed by atoms with Gasteiger partial charge in [-0.2, -0.15) is 0 Å². The molecule has 0 saturated heterocycles. The Kier molecular flexibility index (Phi) is 5.59. The zero-order valence-corrected chi connectivity index (χ0v) is 11.3. The Morgan fingerprint density at radius 2 is 1.71 bits per heavy atom. The molecule has 1 N–H and O–H groups in total. The van der Waals surface area contributed by atoms with Gasteiger partial charge in [0.2, 0.25) is 0 Å². The van der Waals surface area contributed by atoms with Crippen molar-refractivity contribution in [3.05, 3.63) is 22.7 Å². The van der Waals surface area contributed by atoms with E-state index in [4.69, 9.17) is 21.1 Å². The number of benzene rings is 1. The molecule has 0 fully saturated rings. The van der Waals surface area contributed by atoms with Gasteiger partial charge in [0.15, 0.2) is 0 Å². The van der Waals surface area contributed by atoms with E-state index in [0.717, 1.165) is 0 Å². The first kappa shape index (κ1) is 14.1. The molecule has 1 aromatic carbocycles. The Labute approximate surface area is 107 Å². The van der Waals surface area contributed by atoms with Crippen LogP contribution in [0, 0.1) is 0 Å². The quantitative estimate of drug-likeness (QED) is 0.848. The third-order valence-corrected chi connectivity index (χ3v) is 2.71. The van der Waals surface area contributed by atoms with Gasteiger partial charge in [-0.05, 0) is 26.3 Å². The van der Waals surface area contributed by atoms with Crippen LogP contribution < -0.4 is 9.47 Å². The first-order chi connectivity index (χ1) is 8.13. The molecule has 0 aromatic heterocycles. The zero-order valence-electron chi connectivity index (χ0n) is 10.5. The van der Waals surface area contributed by atoms with E-state index in [2.05, 4.69) is 0 Å². The lowest BCUT2D eigenvalue weighted by atomic mass is 10.1. The second-order valence-electron chi connectivity index (χ2n) is 3.61.